The Labute approximate surface area is 120 Å². The Kier molecular flexibility index (Phi) is 4.84. The summed E-state index contributed by atoms with van der Waals surface area (Å²) >= 11 is 0. The summed E-state index contributed by atoms with van der Waals surface area (Å²) in [6.07, 6.45) is 1.26. The van der Waals surface area contributed by atoms with Crippen molar-refractivity contribution in [3.05, 3.63) is 12.2 Å². The minimum absolute atomic E-state index is 0.399. The molecule has 1 unspecified atom stereocenters. The first-order valence-electron chi connectivity index (χ1n) is 6.86. The van der Waals surface area contributed by atoms with Crippen LogP contribution in [0.15, 0.2) is 12.2 Å². The highest BCUT2D eigenvalue weighted by Gasteiger charge is 2.51. The summed E-state index contributed by atoms with van der Waals surface area (Å²) in [6.45, 7) is 11.6. The lowest BCUT2D eigenvalue weighted by molar-refractivity contribution is -0.153. The van der Waals surface area contributed by atoms with Gasteiger partial charge in [0.2, 0.25) is 0 Å². The number of likely N-dealkylation sites (tertiary alicyclic amines) is 1. The zero-order chi connectivity index (χ0) is 15.6. The average molecular weight is 283 g/mol. The molecule has 1 saturated heterocycles. The second kappa shape index (κ2) is 5.85. The van der Waals surface area contributed by atoms with Crippen LogP contribution >= 0.6 is 0 Å². The molecule has 5 nitrogen and oxygen atoms in total. The van der Waals surface area contributed by atoms with E-state index in [1.165, 1.54) is 12.0 Å². The Hall–Kier alpha value is -1.52. The molecule has 1 fully saturated rings. The van der Waals surface area contributed by atoms with Crippen molar-refractivity contribution in [3.63, 3.8) is 0 Å². The first kappa shape index (κ1) is 16.5. The van der Waals surface area contributed by atoms with Crippen LogP contribution in [0.3, 0.4) is 0 Å². The van der Waals surface area contributed by atoms with Crippen molar-refractivity contribution in [2.24, 2.45) is 0 Å². The number of esters is 1. The number of carbonyl (C=O) groups is 2. The highest BCUT2D eigenvalue weighted by atomic mass is 16.6. The van der Waals surface area contributed by atoms with Crippen LogP contribution in [0, 0.1) is 0 Å². The van der Waals surface area contributed by atoms with Gasteiger partial charge in [-0.3, -0.25) is 4.90 Å². The fourth-order valence-electron chi connectivity index (χ4n) is 2.62. The van der Waals surface area contributed by atoms with Crippen LogP contribution in [-0.2, 0) is 14.3 Å². The summed E-state index contributed by atoms with van der Waals surface area (Å²) in [7, 11) is 1.34. The molecule has 0 saturated carbocycles. The molecule has 1 aliphatic rings. The number of rotatable bonds is 3. The van der Waals surface area contributed by atoms with Gasteiger partial charge in [0.15, 0.2) is 0 Å². The smallest absolute Gasteiger partial charge is 0.411 e. The van der Waals surface area contributed by atoms with E-state index in [1.807, 2.05) is 6.92 Å². The zero-order valence-electron chi connectivity index (χ0n) is 13.1. The van der Waals surface area contributed by atoms with E-state index in [2.05, 4.69) is 6.58 Å². The van der Waals surface area contributed by atoms with Crippen LogP contribution in [0.2, 0.25) is 0 Å². The van der Waals surface area contributed by atoms with Crippen LogP contribution in [0.1, 0.15) is 47.0 Å². The number of hydrogen-bond donors (Lipinski definition) is 0. The van der Waals surface area contributed by atoms with Gasteiger partial charge in [0, 0.05) is 13.0 Å². The van der Waals surface area contributed by atoms with E-state index < -0.39 is 23.2 Å². The second-order valence-electron chi connectivity index (χ2n) is 6.39. The molecule has 1 rings (SSSR count). The first-order chi connectivity index (χ1) is 9.12. The molecule has 20 heavy (non-hydrogen) atoms. The fourth-order valence-corrected chi connectivity index (χ4v) is 2.62. The topological polar surface area (TPSA) is 55.8 Å². The lowest BCUT2D eigenvalue weighted by Crippen LogP contribution is -2.54. The van der Waals surface area contributed by atoms with Gasteiger partial charge in [-0.25, -0.2) is 9.59 Å². The molecule has 5 heteroatoms. The third-order valence-electron chi connectivity index (χ3n) is 3.26. The number of methoxy groups -OCH3 is 1. The van der Waals surface area contributed by atoms with Gasteiger partial charge in [0.05, 0.1) is 7.11 Å². The van der Waals surface area contributed by atoms with Crippen molar-refractivity contribution in [1.29, 1.82) is 0 Å². The fraction of sp³-hybridized carbons (Fsp3) is 0.733. The van der Waals surface area contributed by atoms with E-state index in [4.69, 9.17) is 9.47 Å². The van der Waals surface area contributed by atoms with Crippen molar-refractivity contribution in [3.8, 4) is 0 Å². The monoisotopic (exact) mass is 283 g/mol. The van der Waals surface area contributed by atoms with Gasteiger partial charge in [-0.15, -0.1) is 6.58 Å². The van der Waals surface area contributed by atoms with Crippen LogP contribution in [0.25, 0.3) is 0 Å². The molecule has 0 N–H and O–H groups in total. The van der Waals surface area contributed by atoms with E-state index in [9.17, 15) is 9.59 Å². The number of nitrogens with zero attached hydrogens (tertiary/aromatic N) is 1. The van der Waals surface area contributed by atoms with E-state index in [-0.39, 0.29) is 0 Å². The Bertz CT molecular complexity index is 411. The summed E-state index contributed by atoms with van der Waals surface area (Å²) < 4.78 is 10.3. The summed E-state index contributed by atoms with van der Waals surface area (Å²) in [5.41, 5.74) is -0.723. The van der Waals surface area contributed by atoms with Gasteiger partial charge < -0.3 is 9.47 Å². The maximum absolute atomic E-state index is 12.3. The largest absolute Gasteiger partial charge is 0.467 e. The highest BCUT2D eigenvalue weighted by molar-refractivity contribution is 5.87. The van der Waals surface area contributed by atoms with Crippen molar-refractivity contribution < 1.29 is 19.1 Å². The molecule has 114 valence electrons. The number of amides is 1. The third kappa shape index (κ3) is 3.52. The van der Waals surface area contributed by atoms with Crippen molar-refractivity contribution in [1.82, 2.24) is 4.90 Å². The van der Waals surface area contributed by atoms with Gasteiger partial charge in [0.25, 0.3) is 0 Å². The van der Waals surface area contributed by atoms with E-state index >= 15 is 0 Å². The molecule has 0 bridgehead atoms. The zero-order valence-corrected chi connectivity index (χ0v) is 13.1. The second-order valence-corrected chi connectivity index (χ2v) is 6.39. The van der Waals surface area contributed by atoms with Gasteiger partial charge in [0.1, 0.15) is 11.1 Å². The van der Waals surface area contributed by atoms with Crippen LogP contribution in [-0.4, -0.2) is 41.8 Å². The quantitative estimate of drug-likeness (QED) is 0.590. The molecule has 1 amide bonds. The van der Waals surface area contributed by atoms with Crippen LogP contribution in [0.5, 0.6) is 0 Å². The Morgan fingerprint density at radius 1 is 1.35 bits per heavy atom. The number of ether oxygens (including phenoxy) is 2. The molecule has 0 spiro atoms. The molecule has 0 aromatic heterocycles. The summed E-state index contributed by atoms with van der Waals surface area (Å²) in [6, 6.07) is 0. The maximum Gasteiger partial charge on any atom is 0.411 e. The Morgan fingerprint density at radius 2 is 1.95 bits per heavy atom. The summed E-state index contributed by atoms with van der Waals surface area (Å²) in [5.74, 6) is -0.399. The molecule has 1 heterocycles. The predicted octanol–water partition coefficient (Wildman–Crippen LogP) is 2.90. The molecule has 0 aromatic rings. The van der Waals surface area contributed by atoms with Gasteiger partial charge >= 0.3 is 12.1 Å². The van der Waals surface area contributed by atoms with Crippen LogP contribution < -0.4 is 0 Å². The van der Waals surface area contributed by atoms with Gasteiger partial charge in [-0.2, -0.15) is 0 Å². The molecule has 1 aliphatic heterocycles. The lowest BCUT2D eigenvalue weighted by atomic mass is 9.89. The minimum Gasteiger partial charge on any atom is -0.467 e. The summed E-state index contributed by atoms with van der Waals surface area (Å²) in [5, 5.41) is 0. The molecule has 0 aliphatic carbocycles. The minimum atomic E-state index is -0.969. The molecule has 1 atom stereocenters. The third-order valence-corrected chi connectivity index (χ3v) is 3.26. The van der Waals surface area contributed by atoms with E-state index in [0.717, 1.165) is 12.0 Å². The standard InChI is InChI=1S/C15H25NO4/c1-11(2)10-15(12(17)19-6)8-7-9-16(15)13(18)20-14(3,4)5/h1,7-10H2,2-6H3. The SMILES string of the molecule is C=C(C)CC1(C(=O)OC)CCCN1C(=O)OC(C)(C)C. The van der Waals surface area contributed by atoms with Gasteiger partial charge in [-0.1, -0.05) is 5.57 Å². The maximum atomic E-state index is 12.3. The Balaban J connectivity index is 3.05. The molecule has 0 radical (unpaired) electrons. The molecular formula is C15H25NO4. The Morgan fingerprint density at radius 3 is 2.40 bits per heavy atom. The van der Waals surface area contributed by atoms with E-state index in [0.29, 0.717) is 19.4 Å². The van der Waals surface area contributed by atoms with Crippen molar-refractivity contribution in [2.45, 2.75) is 58.1 Å². The van der Waals surface area contributed by atoms with Gasteiger partial charge in [-0.05, 0) is 40.5 Å². The van der Waals surface area contributed by atoms with Crippen molar-refractivity contribution >= 4 is 12.1 Å². The molecular weight excluding hydrogens is 258 g/mol. The van der Waals surface area contributed by atoms with Crippen LogP contribution in [0.4, 0.5) is 4.79 Å². The first-order valence-corrected chi connectivity index (χ1v) is 6.86. The highest BCUT2D eigenvalue weighted by Crippen LogP contribution is 2.36. The number of hydrogen-bond acceptors (Lipinski definition) is 4. The average Bonchev–Trinajstić information content (AvgIpc) is 2.69. The molecule has 0 aromatic carbocycles. The summed E-state index contributed by atoms with van der Waals surface area (Å²) in [4.78, 5) is 26.1. The number of carbonyl (C=O) groups excluding carboxylic acids is 2. The predicted molar refractivity (Wildman–Crippen MR) is 76.4 cm³/mol. The van der Waals surface area contributed by atoms with Crippen molar-refractivity contribution in [2.75, 3.05) is 13.7 Å². The lowest BCUT2D eigenvalue weighted by Gasteiger charge is -2.37. The normalized spacial score (nSPS) is 22.6. The van der Waals surface area contributed by atoms with E-state index in [1.54, 1.807) is 20.8 Å².